The molecule has 100 valence electrons. The Kier molecular flexibility index (Phi) is 3.59. The number of rotatable bonds is 2. The Balaban J connectivity index is 2.13. The van der Waals surface area contributed by atoms with Crippen LogP contribution in [0.1, 0.15) is 23.5 Å². The maximum absolute atomic E-state index is 11.4. The quantitative estimate of drug-likeness (QED) is 0.761. The molecule has 0 aliphatic carbocycles. The van der Waals surface area contributed by atoms with E-state index in [9.17, 15) is 4.79 Å². The normalized spacial score (nSPS) is 19.9. The van der Waals surface area contributed by atoms with E-state index in [1.54, 1.807) is 6.20 Å². The van der Waals surface area contributed by atoms with E-state index in [1.165, 1.54) is 18.4 Å². The fraction of sp³-hybridized carbons (Fsp3) is 0.667. The second-order valence-electron chi connectivity index (χ2n) is 5.15. The highest BCUT2D eigenvalue weighted by Gasteiger charge is 2.32. The molecule has 0 amide bonds. The zero-order chi connectivity index (χ0) is 13.3. The molecule has 1 aromatic rings. The molecule has 0 spiro atoms. The molecule has 0 radical (unpaired) electrons. The Morgan fingerprint density at radius 1 is 1.50 bits per heavy atom. The number of carbonyl (C=O) groups is 1. The summed E-state index contributed by atoms with van der Waals surface area (Å²) >= 11 is 1.40. The van der Waals surface area contributed by atoms with Gasteiger partial charge in [0.15, 0.2) is 5.13 Å². The second kappa shape index (κ2) is 4.85. The van der Waals surface area contributed by atoms with Gasteiger partial charge in [0.05, 0.1) is 13.3 Å². The zero-order valence-corrected chi connectivity index (χ0v) is 12.1. The predicted molar refractivity (Wildman–Crippen MR) is 72.4 cm³/mol. The van der Waals surface area contributed by atoms with Gasteiger partial charge >= 0.3 is 5.97 Å². The van der Waals surface area contributed by atoms with Gasteiger partial charge in [0, 0.05) is 25.2 Å². The van der Waals surface area contributed by atoms with Gasteiger partial charge in [-0.25, -0.2) is 9.78 Å². The van der Waals surface area contributed by atoms with Crippen molar-refractivity contribution in [2.24, 2.45) is 0 Å². The Bertz CT molecular complexity index is 444. The van der Waals surface area contributed by atoms with E-state index in [1.807, 2.05) is 0 Å². The molecular weight excluding hydrogens is 250 g/mol. The van der Waals surface area contributed by atoms with E-state index in [0.29, 0.717) is 4.88 Å². The number of aromatic nitrogens is 1. The third kappa shape index (κ3) is 2.49. The van der Waals surface area contributed by atoms with E-state index in [4.69, 9.17) is 4.74 Å². The smallest absolute Gasteiger partial charge is 0.349 e. The van der Waals surface area contributed by atoms with Crippen LogP contribution in [-0.4, -0.2) is 55.2 Å². The van der Waals surface area contributed by atoms with Gasteiger partial charge in [0.1, 0.15) is 4.88 Å². The number of anilines is 1. The first-order valence-corrected chi connectivity index (χ1v) is 6.76. The van der Waals surface area contributed by atoms with Gasteiger partial charge in [-0.1, -0.05) is 11.3 Å². The van der Waals surface area contributed by atoms with E-state index in [2.05, 4.69) is 35.7 Å². The van der Waals surface area contributed by atoms with Crippen LogP contribution in [0.25, 0.3) is 0 Å². The average Bonchev–Trinajstić information content (AvgIpc) is 2.81. The molecular formula is C12H19N3O2S. The molecule has 2 rings (SSSR count). The van der Waals surface area contributed by atoms with Crippen molar-refractivity contribution in [1.29, 1.82) is 0 Å². The van der Waals surface area contributed by atoms with Crippen LogP contribution in [0.4, 0.5) is 5.13 Å². The fourth-order valence-corrected chi connectivity index (χ4v) is 2.87. The highest BCUT2D eigenvalue weighted by molar-refractivity contribution is 7.17. The molecule has 0 saturated carbocycles. The summed E-state index contributed by atoms with van der Waals surface area (Å²) < 4.78 is 4.70. The molecule has 6 heteroatoms. The maximum atomic E-state index is 11.4. The molecule has 1 aliphatic rings. The molecule has 0 aromatic carbocycles. The lowest BCUT2D eigenvalue weighted by Crippen LogP contribution is -2.57. The van der Waals surface area contributed by atoms with Crippen LogP contribution >= 0.6 is 11.3 Å². The van der Waals surface area contributed by atoms with Gasteiger partial charge in [-0.15, -0.1) is 0 Å². The van der Waals surface area contributed by atoms with Crippen LogP contribution in [-0.2, 0) is 4.74 Å². The highest BCUT2D eigenvalue weighted by atomic mass is 32.1. The monoisotopic (exact) mass is 269 g/mol. The van der Waals surface area contributed by atoms with Crippen LogP contribution in [0.5, 0.6) is 0 Å². The molecule has 5 nitrogen and oxygen atoms in total. The number of piperazine rings is 1. The number of likely N-dealkylation sites (N-methyl/N-ethyl adjacent to an activating group) is 1. The molecule has 0 bridgehead atoms. The van der Waals surface area contributed by atoms with Crippen LogP contribution < -0.4 is 4.90 Å². The average molecular weight is 269 g/mol. The number of esters is 1. The molecule has 0 N–H and O–H groups in total. The molecule has 1 aromatic heterocycles. The van der Waals surface area contributed by atoms with Crippen molar-refractivity contribution in [3.05, 3.63) is 11.1 Å². The first-order chi connectivity index (χ1) is 8.44. The van der Waals surface area contributed by atoms with Crippen molar-refractivity contribution >= 4 is 22.4 Å². The lowest BCUT2D eigenvalue weighted by Gasteiger charge is -2.45. The van der Waals surface area contributed by atoms with Gasteiger partial charge in [-0.2, -0.15) is 0 Å². The van der Waals surface area contributed by atoms with Crippen molar-refractivity contribution in [2.75, 3.05) is 38.7 Å². The summed E-state index contributed by atoms with van der Waals surface area (Å²) in [6, 6.07) is 0. The number of hydrogen-bond acceptors (Lipinski definition) is 6. The van der Waals surface area contributed by atoms with Gasteiger partial charge < -0.3 is 9.64 Å². The topological polar surface area (TPSA) is 45.7 Å². The third-order valence-electron chi connectivity index (χ3n) is 3.47. The van der Waals surface area contributed by atoms with Gasteiger partial charge in [-0.05, 0) is 20.9 Å². The minimum atomic E-state index is -0.313. The number of methoxy groups -OCH3 is 1. The highest BCUT2D eigenvalue weighted by Crippen LogP contribution is 2.28. The van der Waals surface area contributed by atoms with E-state index < -0.39 is 0 Å². The van der Waals surface area contributed by atoms with Crippen molar-refractivity contribution in [3.8, 4) is 0 Å². The SMILES string of the molecule is COC(=O)c1cnc(N2CCN(C)C(C)(C)C2)s1. The second-order valence-corrected chi connectivity index (χ2v) is 6.16. The first-order valence-electron chi connectivity index (χ1n) is 5.94. The lowest BCUT2D eigenvalue weighted by molar-refractivity contribution is 0.0606. The third-order valence-corrected chi connectivity index (χ3v) is 4.51. The summed E-state index contributed by atoms with van der Waals surface area (Å²) in [5, 5.41) is 0.900. The summed E-state index contributed by atoms with van der Waals surface area (Å²) in [5.74, 6) is -0.313. The molecule has 0 atom stereocenters. The standard InChI is InChI=1S/C12H19N3O2S/c1-12(2)8-15(6-5-14(12)3)11-13-7-9(18-11)10(16)17-4/h7H,5-6,8H2,1-4H3. The van der Waals surface area contributed by atoms with Crippen molar-refractivity contribution in [3.63, 3.8) is 0 Å². The molecule has 2 heterocycles. The Morgan fingerprint density at radius 3 is 2.83 bits per heavy atom. The van der Waals surface area contributed by atoms with E-state index >= 15 is 0 Å². The number of hydrogen-bond donors (Lipinski definition) is 0. The molecule has 18 heavy (non-hydrogen) atoms. The first kappa shape index (κ1) is 13.3. The number of nitrogens with zero attached hydrogens (tertiary/aromatic N) is 3. The van der Waals surface area contributed by atoms with Crippen LogP contribution in [0.3, 0.4) is 0 Å². The van der Waals surface area contributed by atoms with Crippen molar-refractivity contribution in [2.45, 2.75) is 19.4 Å². The molecule has 1 aliphatic heterocycles. The largest absolute Gasteiger partial charge is 0.465 e. The summed E-state index contributed by atoms with van der Waals surface area (Å²) in [4.78, 5) is 20.9. The van der Waals surface area contributed by atoms with Crippen LogP contribution in [0.15, 0.2) is 6.20 Å². The molecule has 0 unspecified atom stereocenters. The lowest BCUT2D eigenvalue weighted by atomic mass is 10.0. The van der Waals surface area contributed by atoms with E-state index in [-0.39, 0.29) is 11.5 Å². The van der Waals surface area contributed by atoms with Gasteiger partial charge in [-0.3, -0.25) is 4.90 Å². The molecule has 1 fully saturated rings. The number of ether oxygens (including phenoxy) is 1. The number of thiazole rings is 1. The van der Waals surface area contributed by atoms with Crippen LogP contribution in [0, 0.1) is 0 Å². The Labute approximate surface area is 111 Å². The summed E-state index contributed by atoms with van der Waals surface area (Å²) in [6.45, 7) is 7.29. The molecule has 1 saturated heterocycles. The van der Waals surface area contributed by atoms with E-state index in [0.717, 1.165) is 24.8 Å². The van der Waals surface area contributed by atoms with Crippen molar-refractivity contribution in [1.82, 2.24) is 9.88 Å². The zero-order valence-electron chi connectivity index (χ0n) is 11.3. The Morgan fingerprint density at radius 2 is 2.22 bits per heavy atom. The van der Waals surface area contributed by atoms with Crippen LogP contribution in [0.2, 0.25) is 0 Å². The summed E-state index contributed by atoms with van der Waals surface area (Å²) in [7, 11) is 3.53. The minimum absolute atomic E-state index is 0.120. The fourth-order valence-electron chi connectivity index (χ4n) is 2.01. The summed E-state index contributed by atoms with van der Waals surface area (Å²) in [6.07, 6.45) is 1.59. The predicted octanol–water partition coefficient (Wildman–Crippen LogP) is 1.46. The minimum Gasteiger partial charge on any atom is -0.465 e. The van der Waals surface area contributed by atoms with Gasteiger partial charge in [0.25, 0.3) is 0 Å². The number of carbonyl (C=O) groups excluding carboxylic acids is 1. The van der Waals surface area contributed by atoms with Gasteiger partial charge in [0.2, 0.25) is 0 Å². The Hall–Kier alpha value is -1.14. The summed E-state index contributed by atoms with van der Waals surface area (Å²) in [5.41, 5.74) is 0.120. The van der Waals surface area contributed by atoms with Crippen molar-refractivity contribution < 1.29 is 9.53 Å². The maximum Gasteiger partial charge on any atom is 0.349 e.